The summed E-state index contributed by atoms with van der Waals surface area (Å²) in [6.45, 7) is 5.03. The van der Waals surface area contributed by atoms with E-state index in [9.17, 15) is 0 Å². The summed E-state index contributed by atoms with van der Waals surface area (Å²) < 4.78 is 5.48. The fourth-order valence-corrected chi connectivity index (χ4v) is 1.51. The van der Waals surface area contributed by atoms with Crippen molar-refractivity contribution in [3.8, 4) is 6.07 Å². The van der Waals surface area contributed by atoms with E-state index in [4.69, 9.17) is 10.00 Å². The number of anilines is 1. The van der Waals surface area contributed by atoms with Gasteiger partial charge in [-0.25, -0.2) is 0 Å². The van der Waals surface area contributed by atoms with Gasteiger partial charge >= 0.3 is 0 Å². The fourth-order valence-electron chi connectivity index (χ4n) is 1.51. The topological polar surface area (TPSA) is 48.3 Å². The lowest BCUT2D eigenvalue weighted by Gasteiger charge is -2.11. The highest BCUT2D eigenvalue weighted by molar-refractivity contribution is 5.58. The first-order chi connectivity index (χ1) is 8.63. The molecule has 0 aromatic heterocycles. The Hall–Kier alpha value is -1.57. The van der Waals surface area contributed by atoms with E-state index >= 15 is 0 Å². The maximum Gasteiger partial charge on any atom is 0.101 e. The van der Waals surface area contributed by atoms with Gasteiger partial charge in [-0.2, -0.15) is 5.26 Å². The zero-order valence-corrected chi connectivity index (χ0v) is 11.4. The van der Waals surface area contributed by atoms with Crippen molar-refractivity contribution in [2.24, 2.45) is 0 Å². The van der Waals surface area contributed by atoms with Crippen molar-refractivity contribution in [1.82, 2.24) is 4.90 Å². The maximum absolute atomic E-state index is 8.98. The summed E-state index contributed by atoms with van der Waals surface area (Å²) >= 11 is 0. The standard InChI is InChI=1S/C14H21N3O/c1-12-4-5-13(11-15)14(10-12)16-6-8-18-9-7-17(2)3/h4-5,10,16H,6-9H2,1-3H3. The van der Waals surface area contributed by atoms with Crippen LogP contribution < -0.4 is 5.32 Å². The van der Waals surface area contributed by atoms with E-state index < -0.39 is 0 Å². The maximum atomic E-state index is 8.98. The van der Waals surface area contributed by atoms with Crippen molar-refractivity contribution in [2.75, 3.05) is 45.7 Å². The molecular formula is C14H21N3O. The molecule has 0 aliphatic carbocycles. The number of hydrogen-bond donors (Lipinski definition) is 1. The molecule has 0 saturated heterocycles. The van der Waals surface area contributed by atoms with Crippen LogP contribution in [0.25, 0.3) is 0 Å². The van der Waals surface area contributed by atoms with Crippen molar-refractivity contribution in [3.63, 3.8) is 0 Å². The van der Waals surface area contributed by atoms with E-state index in [0.29, 0.717) is 18.7 Å². The predicted molar refractivity (Wildman–Crippen MR) is 73.8 cm³/mol. The monoisotopic (exact) mass is 247 g/mol. The van der Waals surface area contributed by atoms with E-state index in [2.05, 4.69) is 16.3 Å². The lowest BCUT2D eigenvalue weighted by Crippen LogP contribution is -2.20. The molecule has 0 atom stereocenters. The summed E-state index contributed by atoms with van der Waals surface area (Å²) in [6, 6.07) is 7.94. The van der Waals surface area contributed by atoms with Crippen molar-refractivity contribution in [3.05, 3.63) is 29.3 Å². The molecule has 0 spiro atoms. The smallest absolute Gasteiger partial charge is 0.101 e. The molecule has 0 heterocycles. The molecule has 4 heteroatoms. The SMILES string of the molecule is Cc1ccc(C#N)c(NCCOCCN(C)C)c1. The lowest BCUT2D eigenvalue weighted by atomic mass is 10.1. The lowest BCUT2D eigenvalue weighted by molar-refractivity contribution is 0.126. The van der Waals surface area contributed by atoms with Crippen LogP contribution in [0.3, 0.4) is 0 Å². The quantitative estimate of drug-likeness (QED) is 0.747. The molecule has 18 heavy (non-hydrogen) atoms. The molecule has 1 N–H and O–H groups in total. The van der Waals surface area contributed by atoms with Crippen LogP contribution in [0, 0.1) is 18.3 Å². The number of nitrogens with zero attached hydrogens (tertiary/aromatic N) is 2. The van der Waals surface area contributed by atoms with Crippen LogP contribution in [0.1, 0.15) is 11.1 Å². The van der Waals surface area contributed by atoms with Gasteiger partial charge in [-0.3, -0.25) is 0 Å². The predicted octanol–water partition coefficient (Wildman–Crippen LogP) is 1.86. The molecule has 1 aromatic carbocycles. The molecule has 4 nitrogen and oxygen atoms in total. The third-order valence-corrected chi connectivity index (χ3v) is 2.54. The summed E-state index contributed by atoms with van der Waals surface area (Å²) in [4.78, 5) is 2.09. The van der Waals surface area contributed by atoms with Gasteiger partial charge in [-0.15, -0.1) is 0 Å². The number of likely N-dealkylation sites (N-methyl/N-ethyl adjacent to an activating group) is 1. The molecule has 98 valence electrons. The summed E-state index contributed by atoms with van der Waals surface area (Å²) in [5.74, 6) is 0. The van der Waals surface area contributed by atoms with E-state index in [1.807, 2.05) is 39.2 Å². The second-order valence-corrected chi connectivity index (χ2v) is 4.50. The van der Waals surface area contributed by atoms with Crippen LogP contribution in [0.15, 0.2) is 18.2 Å². The number of rotatable bonds is 7. The summed E-state index contributed by atoms with van der Waals surface area (Å²) in [6.07, 6.45) is 0. The van der Waals surface area contributed by atoms with Gasteiger partial charge in [-0.1, -0.05) is 6.07 Å². The molecule has 1 rings (SSSR count). The largest absolute Gasteiger partial charge is 0.382 e. The van der Waals surface area contributed by atoms with Crippen LogP contribution in [-0.2, 0) is 4.74 Å². The first-order valence-electron chi connectivity index (χ1n) is 6.10. The average molecular weight is 247 g/mol. The highest BCUT2D eigenvalue weighted by Gasteiger charge is 2.01. The molecule has 0 aliphatic rings. The number of nitriles is 1. The van der Waals surface area contributed by atoms with Crippen LogP contribution in [-0.4, -0.2) is 45.3 Å². The van der Waals surface area contributed by atoms with Crippen molar-refractivity contribution >= 4 is 5.69 Å². The highest BCUT2D eigenvalue weighted by atomic mass is 16.5. The number of aryl methyl sites for hydroxylation is 1. The Bertz CT molecular complexity index is 410. The minimum atomic E-state index is 0.645. The number of benzene rings is 1. The van der Waals surface area contributed by atoms with E-state index in [1.54, 1.807) is 0 Å². The number of hydrogen-bond acceptors (Lipinski definition) is 4. The molecular weight excluding hydrogens is 226 g/mol. The van der Waals surface area contributed by atoms with Gasteiger partial charge < -0.3 is 15.0 Å². The van der Waals surface area contributed by atoms with E-state index in [0.717, 1.165) is 24.4 Å². The Labute approximate surface area is 109 Å². The van der Waals surface area contributed by atoms with Gasteiger partial charge in [0, 0.05) is 13.1 Å². The van der Waals surface area contributed by atoms with Crippen LogP contribution >= 0.6 is 0 Å². The van der Waals surface area contributed by atoms with Crippen molar-refractivity contribution in [2.45, 2.75) is 6.92 Å². The fraction of sp³-hybridized carbons (Fsp3) is 0.500. The zero-order chi connectivity index (χ0) is 13.4. The Morgan fingerprint density at radius 1 is 1.33 bits per heavy atom. The molecule has 0 radical (unpaired) electrons. The number of nitrogens with one attached hydrogen (secondary N) is 1. The third-order valence-electron chi connectivity index (χ3n) is 2.54. The molecule has 0 amide bonds. The molecule has 0 fully saturated rings. The third kappa shape index (κ3) is 5.17. The minimum Gasteiger partial charge on any atom is -0.382 e. The van der Waals surface area contributed by atoms with Gasteiger partial charge in [0.05, 0.1) is 24.5 Å². The highest BCUT2D eigenvalue weighted by Crippen LogP contribution is 2.15. The number of ether oxygens (including phenoxy) is 1. The Kier molecular flexibility index (Phi) is 6.20. The second-order valence-electron chi connectivity index (χ2n) is 4.50. The Balaban J connectivity index is 2.31. The first kappa shape index (κ1) is 14.5. The van der Waals surface area contributed by atoms with E-state index in [-0.39, 0.29) is 0 Å². The van der Waals surface area contributed by atoms with Crippen LogP contribution in [0.5, 0.6) is 0 Å². The van der Waals surface area contributed by atoms with Gasteiger partial charge in [0.15, 0.2) is 0 Å². The van der Waals surface area contributed by atoms with Crippen LogP contribution in [0.2, 0.25) is 0 Å². The van der Waals surface area contributed by atoms with Crippen molar-refractivity contribution < 1.29 is 4.74 Å². The van der Waals surface area contributed by atoms with Gasteiger partial charge in [0.2, 0.25) is 0 Å². The van der Waals surface area contributed by atoms with E-state index in [1.165, 1.54) is 0 Å². The summed E-state index contributed by atoms with van der Waals surface area (Å²) in [7, 11) is 4.04. The Morgan fingerprint density at radius 2 is 2.11 bits per heavy atom. The van der Waals surface area contributed by atoms with Gasteiger partial charge in [-0.05, 0) is 38.7 Å². The second kappa shape index (κ2) is 7.70. The minimum absolute atomic E-state index is 0.645. The Morgan fingerprint density at radius 3 is 2.78 bits per heavy atom. The van der Waals surface area contributed by atoms with Gasteiger partial charge in [0.1, 0.15) is 6.07 Å². The zero-order valence-electron chi connectivity index (χ0n) is 11.4. The molecule has 1 aromatic rings. The summed E-state index contributed by atoms with van der Waals surface area (Å²) in [5, 5.41) is 12.2. The normalized spacial score (nSPS) is 10.4. The average Bonchev–Trinajstić information content (AvgIpc) is 2.33. The molecule has 0 saturated carbocycles. The van der Waals surface area contributed by atoms with Crippen molar-refractivity contribution in [1.29, 1.82) is 5.26 Å². The molecule has 0 bridgehead atoms. The first-order valence-corrected chi connectivity index (χ1v) is 6.10. The van der Waals surface area contributed by atoms with Gasteiger partial charge in [0.25, 0.3) is 0 Å². The molecule has 0 unspecified atom stereocenters. The molecule has 0 aliphatic heterocycles. The van der Waals surface area contributed by atoms with Crippen LogP contribution in [0.4, 0.5) is 5.69 Å². The summed E-state index contributed by atoms with van der Waals surface area (Å²) in [5.41, 5.74) is 2.70.